The average molecular weight is 362 g/mol. The molecular formula is C18H26N4O4. The molecule has 1 aromatic carbocycles. The topological polar surface area (TPSA) is 87.0 Å². The van der Waals surface area contributed by atoms with Crippen LogP contribution in [0.1, 0.15) is 29.8 Å². The fraction of sp³-hybridized carbons (Fsp3) is 0.556. The molecule has 142 valence electrons. The number of carbonyl (C=O) groups is 2. The van der Waals surface area contributed by atoms with Gasteiger partial charge < -0.3 is 9.80 Å². The first kappa shape index (κ1) is 19.8. The van der Waals surface area contributed by atoms with Gasteiger partial charge >= 0.3 is 0 Å². The Bertz CT molecular complexity index is 680. The van der Waals surface area contributed by atoms with Crippen molar-refractivity contribution in [2.24, 2.45) is 0 Å². The molecule has 0 aromatic heterocycles. The van der Waals surface area contributed by atoms with E-state index in [1.54, 1.807) is 28.9 Å². The van der Waals surface area contributed by atoms with Gasteiger partial charge in [-0.2, -0.15) is 0 Å². The molecule has 1 fully saturated rings. The molecule has 0 atom stereocenters. The second kappa shape index (κ2) is 8.75. The van der Waals surface area contributed by atoms with Gasteiger partial charge in [-0.15, -0.1) is 0 Å². The summed E-state index contributed by atoms with van der Waals surface area (Å²) in [5, 5.41) is 11.1. The normalized spacial score (nSPS) is 15.0. The molecule has 1 aliphatic heterocycles. The number of aryl methyl sites for hydroxylation is 1. The minimum Gasteiger partial charge on any atom is -0.342 e. The summed E-state index contributed by atoms with van der Waals surface area (Å²) in [7, 11) is 0. The number of rotatable bonds is 6. The van der Waals surface area contributed by atoms with Gasteiger partial charge in [-0.1, -0.05) is 6.07 Å². The fourth-order valence-electron chi connectivity index (χ4n) is 3.10. The number of nitro benzene ring substituents is 1. The lowest BCUT2D eigenvalue weighted by molar-refractivity contribution is -0.385. The molecule has 2 rings (SSSR count). The Balaban J connectivity index is 1.95. The smallest absolute Gasteiger partial charge is 0.273 e. The quantitative estimate of drug-likeness (QED) is 0.566. The third kappa shape index (κ3) is 4.57. The minimum atomic E-state index is -0.469. The molecule has 0 unspecified atom stereocenters. The van der Waals surface area contributed by atoms with Crippen LogP contribution >= 0.6 is 0 Å². The molecule has 1 aliphatic rings. The molecule has 0 radical (unpaired) electrons. The highest BCUT2D eigenvalue weighted by atomic mass is 16.6. The monoisotopic (exact) mass is 362 g/mol. The van der Waals surface area contributed by atoms with Crippen LogP contribution < -0.4 is 0 Å². The van der Waals surface area contributed by atoms with Gasteiger partial charge in [0.2, 0.25) is 5.91 Å². The minimum absolute atomic E-state index is 0.0423. The largest absolute Gasteiger partial charge is 0.342 e. The lowest BCUT2D eigenvalue weighted by Gasteiger charge is -2.35. The summed E-state index contributed by atoms with van der Waals surface area (Å²) in [6.07, 6.45) is 0. The van der Waals surface area contributed by atoms with Gasteiger partial charge in [0.15, 0.2) is 0 Å². The summed E-state index contributed by atoms with van der Waals surface area (Å²) in [6, 6.07) is 4.57. The van der Waals surface area contributed by atoms with E-state index in [2.05, 4.69) is 0 Å². The zero-order chi connectivity index (χ0) is 19.3. The highest BCUT2D eigenvalue weighted by molar-refractivity contribution is 5.95. The van der Waals surface area contributed by atoms with Gasteiger partial charge in [0.05, 0.1) is 11.5 Å². The van der Waals surface area contributed by atoms with Gasteiger partial charge in [0, 0.05) is 56.5 Å². The standard InChI is InChI=1S/C18H26N4O4/c1-4-20(5-2)17(23)13-19-8-10-21(11-9-19)18(24)15-7-6-14(3)16(12-15)22(25)26/h6-7,12H,4-5,8-11,13H2,1-3H3. The summed E-state index contributed by atoms with van der Waals surface area (Å²) in [4.78, 5) is 40.9. The molecule has 2 amide bonds. The van der Waals surface area contributed by atoms with E-state index in [-0.39, 0.29) is 17.5 Å². The van der Waals surface area contributed by atoms with E-state index in [9.17, 15) is 19.7 Å². The number of nitro groups is 1. The number of benzene rings is 1. The van der Waals surface area contributed by atoms with E-state index >= 15 is 0 Å². The molecule has 1 saturated heterocycles. The van der Waals surface area contributed by atoms with E-state index < -0.39 is 4.92 Å². The first-order valence-corrected chi connectivity index (χ1v) is 8.91. The molecule has 1 aromatic rings. The molecular weight excluding hydrogens is 336 g/mol. The first-order valence-electron chi connectivity index (χ1n) is 8.91. The zero-order valence-corrected chi connectivity index (χ0v) is 15.6. The van der Waals surface area contributed by atoms with Crippen LogP contribution in [0.5, 0.6) is 0 Å². The molecule has 0 bridgehead atoms. The van der Waals surface area contributed by atoms with E-state index in [1.165, 1.54) is 6.07 Å². The van der Waals surface area contributed by atoms with E-state index in [0.717, 1.165) is 0 Å². The number of hydrogen-bond donors (Lipinski definition) is 0. The second-order valence-corrected chi connectivity index (χ2v) is 6.39. The fourth-order valence-corrected chi connectivity index (χ4v) is 3.10. The van der Waals surface area contributed by atoms with Crippen LogP contribution in [-0.4, -0.2) is 77.3 Å². The van der Waals surface area contributed by atoms with Gasteiger partial charge in [-0.25, -0.2) is 0 Å². The van der Waals surface area contributed by atoms with Crippen LogP contribution in [0.4, 0.5) is 5.69 Å². The van der Waals surface area contributed by atoms with Gasteiger partial charge in [0.25, 0.3) is 11.6 Å². The molecule has 0 aliphatic carbocycles. The summed E-state index contributed by atoms with van der Waals surface area (Å²) in [5.41, 5.74) is 0.820. The van der Waals surface area contributed by atoms with Crippen LogP contribution in [0.25, 0.3) is 0 Å². The third-order valence-electron chi connectivity index (χ3n) is 4.79. The lowest BCUT2D eigenvalue weighted by Crippen LogP contribution is -2.51. The maximum absolute atomic E-state index is 12.6. The van der Waals surface area contributed by atoms with Crippen molar-refractivity contribution in [2.75, 3.05) is 45.8 Å². The zero-order valence-electron chi connectivity index (χ0n) is 15.6. The van der Waals surface area contributed by atoms with Crippen molar-refractivity contribution in [3.05, 3.63) is 39.4 Å². The Kier molecular flexibility index (Phi) is 6.68. The van der Waals surface area contributed by atoms with Crippen molar-refractivity contribution in [3.63, 3.8) is 0 Å². The Labute approximate surface area is 153 Å². The summed E-state index contributed by atoms with van der Waals surface area (Å²) >= 11 is 0. The summed E-state index contributed by atoms with van der Waals surface area (Å²) in [6.45, 7) is 9.56. The van der Waals surface area contributed by atoms with Gasteiger partial charge in [-0.05, 0) is 26.8 Å². The summed E-state index contributed by atoms with van der Waals surface area (Å²) in [5.74, 6) is -0.105. The predicted octanol–water partition coefficient (Wildman–Crippen LogP) is 1.53. The van der Waals surface area contributed by atoms with Crippen LogP contribution in [0.15, 0.2) is 18.2 Å². The first-order chi connectivity index (χ1) is 12.4. The van der Waals surface area contributed by atoms with Crippen molar-refractivity contribution in [2.45, 2.75) is 20.8 Å². The van der Waals surface area contributed by atoms with Crippen molar-refractivity contribution in [3.8, 4) is 0 Å². The number of piperazine rings is 1. The van der Waals surface area contributed by atoms with Crippen LogP contribution in [0, 0.1) is 17.0 Å². The van der Waals surface area contributed by atoms with Crippen molar-refractivity contribution in [1.29, 1.82) is 0 Å². The highest BCUT2D eigenvalue weighted by Crippen LogP contribution is 2.20. The number of hydrogen-bond acceptors (Lipinski definition) is 5. The second-order valence-electron chi connectivity index (χ2n) is 6.39. The maximum Gasteiger partial charge on any atom is 0.273 e. The van der Waals surface area contributed by atoms with Crippen molar-refractivity contribution >= 4 is 17.5 Å². The van der Waals surface area contributed by atoms with Crippen LogP contribution in [0.2, 0.25) is 0 Å². The van der Waals surface area contributed by atoms with Crippen LogP contribution in [-0.2, 0) is 4.79 Å². The van der Waals surface area contributed by atoms with Crippen molar-refractivity contribution in [1.82, 2.24) is 14.7 Å². The molecule has 0 saturated carbocycles. The predicted molar refractivity (Wildman–Crippen MR) is 98.1 cm³/mol. The maximum atomic E-state index is 12.6. The molecule has 1 heterocycles. The Morgan fingerprint density at radius 2 is 1.77 bits per heavy atom. The van der Waals surface area contributed by atoms with E-state index in [1.807, 2.05) is 18.7 Å². The molecule has 8 heteroatoms. The summed E-state index contributed by atoms with van der Waals surface area (Å²) < 4.78 is 0. The lowest BCUT2D eigenvalue weighted by atomic mass is 10.1. The third-order valence-corrected chi connectivity index (χ3v) is 4.79. The number of amides is 2. The Hall–Kier alpha value is -2.48. The number of carbonyl (C=O) groups excluding carboxylic acids is 2. The van der Waals surface area contributed by atoms with Crippen LogP contribution in [0.3, 0.4) is 0 Å². The average Bonchev–Trinajstić information content (AvgIpc) is 2.63. The Morgan fingerprint density at radius 1 is 1.15 bits per heavy atom. The molecule has 0 spiro atoms. The highest BCUT2D eigenvalue weighted by Gasteiger charge is 2.25. The SMILES string of the molecule is CCN(CC)C(=O)CN1CCN(C(=O)c2ccc(C)c([N+](=O)[O-])c2)CC1. The van der Waals surface area contributed by atoms with E-state index in [4.69, 9.17) is 0 Å². The Morgan fingerprint density at radius 3 is 2.31 bits per heavy atom. The molecule has 26 heavy (non-hydrogen) atoms. The van der Waals surface area contributed by atoms with Gasteiger partial charge in [-0.3, -0.25) is 24.6 Å². The number of nitrogens with zero attached hydrogens (tertiary/aromatic N) is 4. The van der Waals surface area contributed by atoms with E-state index in [0.29, 0.717) is 56.9 Å². The number of likely N-dealkylation sites (N-methyl/N-ethyl adjacent to an activating group) is 1. The van der Waals surface area contributed by atoms with Gasteiger partial charge in [0.1, 0.15) is 0 Å². The molecule has 0 N–H and O–H groups in total. The molecule has 8 nitrogen and oxygen atoms in total. The van der Waals surface area contributed by atoms with Crippen molar-refractivity contribution < 1.29 is 14.5 Å².